The third-order valence-corrected chi connectivity index (χ3v) is 3.76. The Morgan fingerprint density at radius 1 is 1.14 bits per heavy atom. The normalized spacial score (nSPS) is 11.1. The number of nitrogens with zero attached hydrogens (tertiary/aromatic N) is 1. The summed E-state index contributed by atoms with van der Waals surface area (Å²) in [7, 11) is 1.46. The number of esters is 1. The second-order valence-corrected chi connectivity index (χ2v) is 5.81. The Kier molecular flexibility index (Phi) is 7.24. The van der Waals surface area contributed by atoms with Crippen molar-refractivity contribution in [2.45, 2.75) is 13.0 Å². The van der Waals surface area contributed by atoms with Gasteiger partial charge in [-0.2, -0.15) is 0 Å². The summed E-state index contributed by atoms with van der Waals surface area (Å²) >= 11 is 0. The Bertz CT molecular complexity index is 930. The number of methoxy groups -OCH3 is 1. The lowest BCUT2D eigenvalue weighted by molar-refractivity contribution is -0.383. The van der Waals surface area contributed by atoms with Gasteiger partial charge in [0.05, 0.1) is 12.0 Å². The van der Waals surface area contributed by atoms with Gasteiger partial charge in [-0.1, -0.05) is 18.2 Å². The fraction of sp³-hybridized carbons (Fsp3) is 0.211. The molecule has 0 saturated carbocycles. The van der Waals surface area contributed by atoms with Crippen molar-refractivity contribution in [2.24, 2.45) is 0 Å². The van der Waals surface area contributed by atoms with Crippen molar-refractivity contribution in [1.82, 2.24) is 5.32 Å². The Morgan fingerprint density at radius 2 is 1.86 bits per heavy atom. The molecule has 1 atom stereocenters. The average Bonchev–Trinajstić information content (AvgIpc) is 2.72. The van der Waals surface area contributed by atoms with Gasteiger partial charge in [0.1, 0.15) is 18.0 Å². The van der Waals surface area contributed by atoms with Gasteiger partial charge in [-0.15, -0.1) is 0 Å². The predicted octanol–water partition coefficient (Wildman–Crippen LogP) is 1.90. The summed E-state index contributed by atoms with van der Waals surface area (Å²) < 4.78 is 9.98. The first kappa shape index (κ1) is 21.4. The van der Waals surface area contributed by atoms with Gasteiger partial charge in [-0.3, -0.25) is 24.5 Å². The van der Waals surface area contributed by atoms with Crippen molar-refractivity contribution >= 4 is 29.2 Å². The van der Waals surface area contributed by atoms with Crippen LogP contribution >= 0.6 is 0 Å². The molecule has 0 aliphatic heterocycles. The summed E-state index contributed by atoms with van der Waals surface area (Å²) in [6.07, 6.45) is -1.23. The van der Waals surface area contributed by atoms with Crippen LogP contribution in [0.4, 0.5) is 11.4 Å². The van der Waals surface area contributed by atoms with Crippen molar-refractivity contribution in [3.63, 3.8) is 0 Å². The first-order chi connectivity index (χ1) is 13.8. The molecule has 2 aromatic carbocycles. The van der Waals surface area contributed by atoms with Gasteiger partial charge < -0.3 is 20.1 Å². The van der Waals surface area contributed by atoms with Crippen LogP contribution in [0.25, 0.3) is 0 Å². The number of nitrogens with one attached hydrogen (secondary N) is 2. The highest BCUT2D eigenvalue weighted by Crippen LogP contribution is 2.23. The van der Waals surface area contributed by atoms with Gasteiger partial charge in [0.15, 0.2) is 6.10 Å². The summed E-state index contributed by atoms with van der Waals surface area (Å²) in [5.41, 5.74) is -0.0130. The topological polar surface area (TPSA) is 137 Å². The summed E-state index contributed by atoms with van der Waals surface area (Å²) in [5, 5.41) is 15.7. The van der Waals surface area contributed by atoms with E-state index in [0.29, 0.717) is 11.3 Å². The minimum absolute atomic E-state index is 0.0169. The molecule has 1 unspecified atom stereocenters. The van der Waals surface area contributed by atoms with Gasteiger partial charge in [0.25, 0.3) is 17.5 Å². The zero-order valence-electron chi connectivity index (χ0n) is 15.7. The maximum absolute atomic E-state index is 12.1. The molecule has 29 heavy (non-hydrogen) atoms. The van der Waals surface area contributed by atoms with Crippen LogP contribution in [-0.2, 0) is 14.3 Å². The maximum atomic E-state index is 12.1. The van der Waals surface area contributed by atoms with E-state index in [1.54, 1.807) is 18.2 Å². The zero-order valence-corrected chi connectivity index (χ0v) is 15.7. The summed E-state index contributed by atoms with van der Waals surface area (Å²) in [5.74, 6) is -1.61. The summed E-state index contributed by atoms with van der Waals surface area (Å²) in [6, 6.07) is 11.9. The van der Waals surface area contributed by atoms with E-state index in [1.807, 2.05) is 0 Å². The molecule has 0 saturated heterocycles. The lowest BCUT2D eigenvalue weighted by Crippen LogP contribution is -2.35. The van der Waals surface area contributed by atoms with Crippen LogP contribution in [-0.4, -0.2) is 42.5 Å². The van der Waals surface area contributed by atoms with E-state index in [2.05, 4.69) is 10.6 Å². The molecule has 0 bridgehead atoms. The van der Waals surface area contributed by atoms with Crippen molar-refractivity contribution in [1.29, 1.82) is 0 Å². The Labute approximate surface area is 166 Å². The quantitative estimate of drug-likeness (QED) is 0.391. The van der Waals surface area contributed by atoms with Crippen LogP contribution in [0.3, 0.4) is 0 Å². The van der Waals surface area contributed by atoms with Crippen LogP contribution in [0.2, 0.25) is 0 Å². The van der Waals surface area contributed by atoms with Gasteiger partial charge in [0, 0.05) is 11.6 Å². The van der Waals surface area contributed by atoms with E-state index in [0.717, 1.165) is 0 Å². The molecule has 0 aliphatic carbocycles. The number of carbonyl (C=O) groups is 3. The van der Waals surface area contributed by atoms with Gasteiger partial charge >= 0.3 is 5.97 Å². The summed E-state index contributed by atoms with van der Waals surface area (Å²) in [6.45, 7) is 0.852. The third kappa shape index (κ3) is 6.03. The van der Waals surface area contributed by atoms with Crippen molar-refractivity contribution in [3.8, 4) is 5.75 Å². The lowest BCUT2D eigenvalue weighted by atomic mass is 10.2. The van der Waals surface area contributed by atoms with Crippen LogP contribution in [0, 0.1) is 10.1 Å². The molecular weight excluding hydrogens is 382 g/mol. The van der Waals surface area contributed by atoms with Crippen molar-refractivity contribution < 1.29 is 28.8 Å². The van der Waals surface area contributed by atoms with E-state index in [1.165, 1.54) is 44.4 Å². The second kappa shape index (κ2) is 9.83. The molecule has 152 valence electrons. The summed E-state index contributed by atoms with van der Waals surface area (Å²) in [4.78, 5) is 46.4. The SMILES string of the molecule is COc1cccc(C(=O)NCC(=O)OC(C)C(=O)Nc2ccccc2[N+](=O)[O-])c1. The van der Waals surface area contributed by atoms with Gasteiger partial charge in [-0.25, -0.2) is 0 Å². The first-order valence-corrected chi connectivity index (χ1v) is 8.48. The second-order valence-electron chi connectivity index (χ2n) is 5.81. The molecule has 0 aromatic heterocycles. The van der Waals surface area contributed by atoms with E-state index in [9.17, 15) is 24.5 Å². The Morgan fingerprint density at radius 3 is 2.55 bits per heavy atom. The third-order valence-electron chi connectivity index (χ3n) is 3.76. The van der Waals surface area contributed by atoms with Gasteiger partial charge in [-0.05, 0) is 31.2 Å². The van der Waals surface area contributed by atoms with Crippen molar-refractivity contribution in [2.75, 3.05) is 19.0 Å². The smallest absolute Gasteiger partial charge is 0.326 e. The predicted molar refractivity (Wildman–Crippen MR) is 103 cm³/mol. The number of ether oxygens (including phenoxy) is 2. The van der Waals surface area contributed by atoms with E-state index in [4.69, 9.17) is 9.47 Å². The minimum atomic E-state index is -1.23. The molecule has 2 N–H and O–H groups in total. The number of amides is 2. The number of hydrogen-bond donors (Lipinski definition) is 2. The number of benzene rings is 2. The number of rotatable bonds is 8. The minimum Gasteiger partial charge on any atom is -0.497 e. The van der Waals surface area contributed by atoms with Gasteiger partial charge in [0.2, 0.25) is 0 Å². The fourth-order valence-electron chi connectivity index (χ4n) is 2.28. The lowest BCUT2D eigenvalue weighted by Gasteiger charge is -2.14. The average molecular weight is 401 g/mol. The largest absolute Gasteiger partial charge is 0.497 e. The molecular formula is C19H19N3O7. The zero-order chi connectivity index (χ0) is 21.4. The monoisotopic (exact) mass is 401 g/mol. The maximum Gasteiger partial charge on any atom is 0.326 e. The molecule has 10 heteroatoms. The first-order valence-electron chi connectivity index (χ1n) is 8.48. The number of nitro benzene ring substituents is 1. The number of nitro groups is 1. The Balaban J connectivity index is 1.87. The number of para-hydroxylation sites is 2. The van der Waals surface area contributed by atoms with Crippen LogP contribution < -0.4 is 15.4 Å². The van der Waals surface area contributed by atoms with Crippen LogP contribution in [0.1, 0.15) is 17.3 Å². The molecule has 2 aromatic rings. The standard InChI is InChI=1S/C19H19N3O7/c1-12(18(24)21-15-8-3-4-9-16(15)22(26)27)29-17(23)11-20-19(25)13-6-5-7-14(10-13)28-2/h3-10,12H,11H2,1-2H3,(H,20,25)(H,21,24). The molecule has 2 amide bonds. The van der Waals surface area contributed by atoms with E-state index < -0.39 is 35.4 Å². The molecule has 0 fully saturated rings. The highest BCUT2D eigenvalue weighted by molar-refractivity contribution is 5.98. The molecule has 0 aliphatic rings. The van der Waals surface area contributed by atoms with Crippen LogP contribution in [0.15, 0.2) is 48.5 Å². The van der Waals surface area contributed by atoms with E-state index in [-0.39, 0.29) is 11.4 Å². The number of anilines is 1. The molecule has 0 spiro atoms. The fourth-order valence-corrected chi connectivity index (χ4v) is 2.28. The van der Waals surface area contributed by atoms with E-state index >= 15 is 0 Å². The molecule has 0 radical (unpaired) electrons. The molecule has 2 rings (SSSR count). The van der Waals surface area contributed by atoms with Crippen LogP contribution in [0.5, 0.6) is 5.75 Å². The molecule has 10 nitrogen and oxygen atoms in total. The number of hydrogen-bond acceptors (Lipinski definition) is 7. The highest BCUT2D eigenvalue weighted by Gasteiger charge is 2.22. The molecule has 0 heterocycles. The Hall–Kier alpha value is -3.95. The number of carbonyl (C=O) groups excluding carboxylic acids is 3. The highest BCUT2D eigenvalue weighted by atomic mass is 16.6. The van der Waals surface area contributed by atoms with Crippen molar-refractivity contribution in [3.05, 3.63) is 64.2 Å².